The SMILES string of the molecule is CC[C@H](O)CN1CCN(C(=O)[C@H](c2ccccc2)N(C)C)CC1. The van der Waals surface area contributed by atoms with Crippen LogP contribution in [0.2, 0.25) is 0 Å². The molecule has 0 radical (unpaired) electrons. The molecular weight excluding hydrogens is 290 g/mol. The van der Waals surface area contributed by atoms with Gasteiger partial charge in [0.1, 0.15) is 6.04 Å². The van der Waals surface area contributed by atoms with Crippen LogP contribution < -0.4 is 0 Å². The molecule has 0 bridgehead atoms. The minimum absolute atomic E-state index is 0.164. The second-order valence-corrected chi connectivity index (χ2v) is 6.46. The third-order valence-electron chi connectivity index (χ3n) is 4.49. The Morgan fingerprint density at radius 3 is 2.30 bits per heavy atom. The van der Waals surface area contributed by atoms with Crippen LogP contribution in [-0.2, 0) is 4.79 Å². The van der Waals surface area contributed by atoms with Crippen LogP contribution in [0.3, 0.4) is 0 Å². The van der Waals surface area contributed by atoms with E-state index in [4.69, 9.17) is 0 Å². The lowest BCUT2D eigenvalue weighted by Gasteiger charge is -2.38. The Kier molecular flexibility index (Phi) is 6.57. The van der Waals surface area contributed by atoms with Gasteiger partial charge < -0.3 is 10.0 Å². The number of amides is 1. The molecule has 128 valence electrons. The van der Waals surface area contributed by atoms with Crippen LogP contribution >= 0.6 is 0 Å². The zero-order chi connectivity index (χ0) is 16.8. The van der Waals surface area contributed by atoms with Crippen molar-refractivity contribution >= 4 is 5.91 Å². The molecule has 2 rings (SSSR count). The van der Waals surface area contributed by atoms with Gasteiger partial charge in [0.25, 0.3) is 0 Å². The van der Waals surface area contributed by atoms with Crippen molar-refractivity contribution in [3.05, 3.63) is 35.9 Å². The second kappa shape index (κ2) is 8.43. The summed E-state index contributed by atoms with van der Waals surface area (Å²) in [4.78, 5) is 19.1. The molecule has 23 heavy (non-hydrogen) atoms. The van der Waals surface area contributed by atoms with Crippen LogP contribution in [0.25, 0.3) is 0 Å². The standard InChI is InChI=1S/C18H29N3O2/c1-4-16(22)14-20-10-12-21(13-11-20)18(23)17(19(2)3)15-8-6-5-7-9-15/h5-9,16-17,22H,4,10-14H2,1-3H3/t16-,17-/m0/s1. The third kappa shape index (κ3) is 4.77. The Bertz CT molecular complexity index is 484. The number of hydrogen-bond donors (Lipinski definition) is 1. The summed E-state index contributed by atoms with van der Waals surface area (Å²) < 4.78 is 0. The zero-order valence-corrected chi connectivity index (χ0v) is 14.5. The van der Waals surface area contributed by atoms with E-state index in [1.54, 1.807) is 0 Å². The fourth-order valence-electron chi connectivity index (χ4n) is 3.05. The lowest BCUT2D eigenvalue weighted by atomic mass is 10.0. The highest BCUT2D eigenvalue weighted by Crippen LogP contribution is 2.21. The molecule has 5 nitrogen and oxygen atoms in total. The van der Waals surface area contributed by atoms with Crippen molar-refractivity contribution in [2.24, 2.45) is 0 Å². The Morgan fingerprint density at radius 1 is 1.17 bits per heavy atom. The van der Waals surface area contributed by atoms with E-state index in [0.717, 1.165) is 38.2 Å². The van der Waals surface area contributed by atoms with E-state index in [9.17, 15) is 9.90 Å². The van der Waals surface area contributed by atoms with Gasteiger partial charge in [0, 0.05) is 32.7 Å². The molecule has 0 aromatic heterocycles. The Balaban J connectivity index is 1.97. The number of benzene rings is 1. The molecule has 1 amide bonds. The maximum absolute atomic E-state index is 12.9. The maximum atomic E-state index is 12.9. The fraction of sp³-hybridized carbons (Fsp3) is 0.611. The first-order chi connectivity index (χ1) is 11.0. The van der Waals surface area contributed by atoms with Crippen molar-refractivity contribution in [1.82, 2.24) is 14.7 Å². The topological polar surface area (TPSA) is 47.0 Å². The van der Waals surface area contributed by atoms with Gasteiger partial charge in [0.2, 0.25) is 5.91 Å². The normalized spacial score (nSPS) is 18.9. The van der Waals surface area contributed by atoms with E-state index in [1.165, 1.54) is 0 Å². The first-order valence-electron chi connectivity index (χ1n) is 8.43. The molecule has 0 unspecified atom stereocenters. The number of carbonyl (C=O) groups is 1. The van der Waals surface area contributed by atoms with Crippen LogP contribution in [-0.4, -0.2) is 78.6 Å². The smallest absolute Gasteiger partial charge is 0.244 e. The van der Waals surface area contributed by atoms with E-state index in [1.807, 2.05) is 61.2 Å². The van der Waals surface area contributed by atoms with E-state index in [2.05, 4.69) is 4.90 Å². The van der Waals surface area contributed by atoms with Gasteiger partial charge in [-0.3, -0.25) is 14.6 Å². The second-order valence-electron chi connectivity index (χ2n) is 6.46. The molecule has 1 aromatic rings. The summed E-state index contributed by atoms with van der Waals surface area (Å²) in [5, 5.41) is 9.77. The molecule has 1 fully saturated rings. The Hall–Kier alpha value is -1.43. The molecule has 1 aromatic carbocycles. The minimum atomic E-state index is -0.268. The summed E-state index contributed by atoms with van der Waals surface area (Å²) in [7, 11) is 3.90. The highest BCUT2D eigenvalue weighted by atomic mass is 16.3. The summed E-state index contributed by atoms with van der Waals surface area (Å²) in [5.41, 5.74) is 1.03. The van der Waals surface area contributed by atoms with Crippen LogP contribution in [0, 0.1) is 0 Å². The predicted octanol–water partition coefficient (Wildman–Crippen LogP) is 1.20. The third-order valence-corrected chi connectivity index (χ3v) is 4.49. The van der Waals surface area contributed by atoms with Gasteiger partial charge in [-0.25, -0.2) is 0 Å². The van der Waals surface area contributed by atoms with Crippen molar-refractivity contribution in [2.45, 2.75) is 25.5 Å². The number of likely N-dealkylation sites (N-methyl/N-ethyl adjacent to an activating group) is 1. The maximum Gasteiger partial charge on any atom is 0.244 e. The number of rotatable bonds is 6. The highest BCUT2D eigenvalue weighted by Gasteiger charge is 2.30. The molecular formula is C18H29N3O2. The van der Waals surface area contributed by atoms with Crippen molar-refractivity contribution in [1.29, 1.82) is 0 Å². The monoisotopic (exact) mass is 319 g/mol. The number of nitrogens with zero attached hydrogens (tertiary/aromatic N) is 3. The van der Waals surface area contributed by atoms with Crippen LogP contribution in [0.15, 0.2) is 30.3 Å². The van der Waals surface area contributed by atoms with Crippen LogP contribution in [0.1, 0.15) is 24.9 Å². The number of aliphatic hydroxyl groups is 1. The van der Waals surface area contributed by atoms with Gasteiger partial charge in [-0.05, 0) is 26.1 Å². The van der Waals surface area contributed by atoms with E-state index in [-0.39, 0.29) is 18.1 Å². The molecule has 0 saturated carbocycles. The summed E-state index contributed by atoms with van der Waals surface area (Å²) in [6, 6.07) is 9.71. The van der Waals surface area contributed by atoms with Crippen LogP contribution in [0.5, 0.6) is 0 Å². The number of hydrogen-bond acceptors (Lipinski definition) is 4. The van der Waals surface area contributed by atoms with E-state index >= 15 is 0 Å². The zero-order valence-electron chi connectivity index (χ0n) is 14.5. The van der Waals surface area contributed by atoms with Crippen molar-refractivity contribution in [3.63, 3.8) is 0 Å². The predicted molar refractivity (Wildman–Crippen MR) is 92.2 cm³/mol. The van der Waals surface area contributed by atoms with Crippen molar-refractivity contribution in [2.75, 3.05) is 46.8 Å². The van der Waals surface area contributed by atoms with Gasteiger partial charge in [0.05, 0.1) is 6.10 Å². The molecule has 1 heterocycles. The van der Waals surface area contributed by atoms with E-state index < -0.39 is 0 Å². The summed E-state index contributed by atoms with van der Waals surface area (Å²) in [6.07, 6.45) is 0.506. The van der Waals surface area contributed by atoms with Gasteiger partial charge in [-0.1, -0.05) is 37.3 Å². The first-order valence-corrected chi connectivity index (χ1v) is 8.43. The summed E-state index contributed by atoms with van der Waals surface area (Å²) in [5.74, 6) is 0.164. The molecule has 2 atom stereocenters. The van der Waals surface area contributed by atoms with E-state index in [0.29, 0.717) is 6.54 Å². The first kappa shape index (κ1) is 17.9. The fourth-order valence-corrected chi connectivity index (χ4v) is 3.05. The van der Waals surface area contributed by atoms with Crippen molar-refractivity contribution < 1.29 is 9.90 Å². The van der Waals surface area contributed by atoms with Gasteiger partial charge >= 0.3 is 0 Å². The largest absolute Gasteiger partial charge is 0.392 e. The summed E-state index contributed by atoms with van der Waals surface area (Å²) in [6.45, 7) is 5.81. The molecule has 0 aliphatic carbocycles. The molecule has 1 aliphatic heterocycles. The van der Waals surface area contributed by atoms with Gasteiger partial charge in [0.15, 0.2) is 0 Å². The molecule has 0 spiro atoms. The molecule has 1 aliphatic rings. The minimum Gasteiger partial charge on any atom is -0.392 e. The summed E-state index contributed by atoms with van der Waals surface area (Å²) >= 11 is 0. The van der Waals surface area contributed by atoms with Gasteiger partial charge in [-0.2, -0.15) is 0 Å². The average molecular weight is 319 g/mol. The number of aliphatic hydroxyl groups excluding tert-OH is 1. The lowest BCUT2D eigenvalue weighted by molar-refractivity contribution is -0.138. The number of β-amino-alcohol motifs (C(OH)–C–C–N with tert-alkyl or cyclic N) is 1. The van der Waals surface area contributed by atoms with Gasteiger partial charge in [-0.15, -0.1) is 0 Å². The number of piperazine rings is 1. The Labute approximate surface area is 139 Å². The lowest BCUT2D eigenvalue weighted by Crippen LogP contribution is -2.52. The number of carbonyl (C=O) groups excluding carboxylic acids is 1. The molecule has 1 N–H and O–H groups in total. The quantitative estimate of drug-likeness (QED) is 0.856. The highest BCUT2D eigenvalue weighted by molar-refractivity contribution is 5.83. The Morgan fingerprint density at radius 2 is 1.78 bits per heavy atom. The molecule has 5 heteroatoms. The van der Waals surface area contributed by atoms with Crippen LogP contribution in [0.4, 0.5) is 0 Å². The van der Waals surface area contributed by atoms with Crippen molar-refractivity contribution in [3.8, 4) is 0 Å². The molecule has 1 saturated heterocycles. The average Bonchev–Trinajstić information content (AvgIpc) is 2.56.